The number of nitrogens with zero attached hydrogens (tertiary/aromatic N) is 3. The summed E-state index contributed by atoms with van der Waals surface area (Å²) in [6, 6.07) is 0. The molecule has 6 rings (SSSR count). The predicted molar refractivity (Wildman–Crippen MR) is 92.3 cm³/mol. The highest BCUT2D eigenvalue weighted by molar-refractivity contribution is 7.99. The summed E-state index contributed by atoms with van der Waals surface area (Å²) in [7, 11) is 0. The minimum atomic E-state index is 0.128. The van der Waals surface area contributed by atoms with Gasteiger partial charge in [0, 0.05) is 18.5 Å². The number of morpholine rings is 1. The summed E-state index contributed by atoms with van der Waals surface area (Å²) in [5.74, 6) is 3.91. The molecule has 2 heterocycles. The lowest BCUT2D eigenvalue weighted by Crippen LogP contribution is -2.48. The van der Waals surface area contributed by atoms with Gasteiger partial charge in [-0.1, -0.05) is 11.8 Å². The van der Waals surface area contributed by atoms with Crippen LogP contribution in [0.4, 0.5) is 0 Å². The first-order chi connectivity index (χ1) is 12.2. The second kappa shape index (κ2) is 6.27. The van der Waals surface area contributed by atoms with Crippen LogP contribution in [0.1, 0.15) is 44.4 Å². The Morgan fingerprint density at radius 1 is 1.08 bits per heavy atom. The summed E-state index contributed by atoms with van der Waals surface area (Å²) in [5.41, 5.74) is 0.134. The van der Waals surface area contributed by atoms with Gasteiger partial charge in [0.15, 0.2) is 0 Å². The van der Waals surface area contributed by atoms with Gasteiger partial charge >= 0.3 is 0 Å². The van der Waals surface area contributed by atoms with E-state index in [1.54, 1.807) is 0 Å². The highest BCUT2D eigenvalue weighted by Crippen LogP contribution is 2.60. The summed E-state index contributed by atoms with van der Waals surface area (Å²) < 4.78 is 11.3. The van der Waals surface area contributed by atoms with Crippen molar-refractivity contribution in [1.82, 2.24) is 15.1 Å². The predicted octanol–water partition coefficient (Wildman–Crippen LogP) is 2.49. The van der Waals surface area contributed by atoms with Crippen LogP contribution in [0.25, 0.3) is 0 Å². The molecule has 0 atom stereocenters. The summed E-state index contributed by atoms with van der Waals surface area (Å²) >= 11 is 1.37. The van der Waals surface area contributed by atoms with Gasteiger partial charge in [0.1, 0.15) is 0 Å². The Kier molecular flexibility index (Phi) is 4.04. The Morgan fingerprint density at radius 2 is 1.72 bits per heavy atom. The highest BCUT2D eigenvalue weighted by Gasteiger charge is 2.54. The Balaban J connectivity index is 1.24. The van der Waals surface area contributed by atoms with Crippen molar-refractivity contribution < 1.29 is 13.9 Å². The van der Waals surface area contributed by atoms with Gasteiger partial charge in [-0.15, -0.1) is 10.2 Å². The molecule has 0 radical (unpaired) electrons. The fourth-order valence-corrected chi connectivity index (χ4v) is 6.55. The Hall–Kier alpha value is -1.08. The molecule has 1 aromatic rings. The average Bonchev–Trinajstić information content (AvgIpc) is 3.09. The Bertz CT molecular complexity index is 620. The molecule has 25 heavy (non-hydrogen) atoms. The van der Waals surface area contributed by atoms with Crippen molar-refractivity contribution in [3.63, 3.8) is 0 Å². The Morgan fingerprint density at radius 3 is 2.36 bits per heavy atom. The topological polar surface area (TPSA) is 68.5 Å². The van der Waals surface area contributed by atoms with Crippen molar-refractivity contribution in [3.05, 3.63) is 5.89 Å². The third-order valence-corrected chi connectivity index (χ3v) is 7.38. The quantitative estimate of drug-likeness (QED) is 0.766. The van der Waals surface area contributed by atoms with E-state index >= 15 is 0 Å². The van der Waals surface area contributed by atoms with Crippen LogP contribution in [0.2, 0.25) is 0 Å². The first-order valence-electron chi connectivity index (χ1n) is 9.52. The number of hydrogen-bond acceptors (Lipinski definition) is 6. The molecule has 7 heteroatoms. The first kappa shape index (κ1) is 16.1. The lowest BCUT2D eigenvalue weighted by Gasteiger charge is -2.55. The molecule has 4 saturated carbocycles. The molecule has 0 N–H and O–H groups in total. The first-order valence-corrected chi connectivity index (χ1v) is 10.5. The normalized spacial score (nSPS) is 36.8. The van der Waals surface area contributed by atoms with Crippen LogP contribution in [0.5, 0.6) is 0 Å². The van der Waals surface area contributed by atoms with Crippen molar-refractivity contribution in [2.45, 2.75) is 49.2 Å². The number of amides is 1. The van der Waals surface area contributed by atoms with Crippen molar-refractivity contribution in [1.29, 1.82) is 0 Å². The molecule has 4 bridgehead atoms. The van der Waals surface area contributed by atoms with E-state index in [4.69, 9.17) is 9.15 Å². The SMILES string of the molecule is O=C(CSc1nnc(C23CC4CC(CC(C4)C2)C3)o1)N1CCOCC1. The maximum atomic E-state index is 12.3. The molecular weight excluding hydrogens is 338 g/mol. The minimum absolute atomic E-state index is 0.128. The second-order valence-corrected chi connectivity index (χ2v) is 9.28. The average molecular weight is 363 g/mol. The van der Waals surface area contributed by atoms with Gasteiger partial charge in [-0.2, -0.15) is 0 Å². The maximum absolute atomic E-state index is 12.3. The largest absolute Gasteiger partial charge is 0.415 e. The van der Waals surface area contributed by atoms with E-state index in [0.717, 1.165) is 23.6 Å². The number of hydrogen-bond donors (Lipinski definition) is 0. The molecule has 1 amide bonds. The zero-order valence-electron chi connectivity index (χ0n) is 14.5. The van der Waals surface area contributed by atoms with E-state index in [1.165, 1.54) is 50.3 Å². The van der Waals surface area contributed by atoms with E-state index in [0.29, 0.717) is 37.3 Å². The number of ether oxygens (including phenoxy) is 1. The van der Waals surface area contributed by atoms with E-state index in [9.17, 15) is 4.79 Å². The van der Waals surface area contributed by atoms with Crippen molar-refractivity contribution >= 4 is 17.7 Å². The van der Waals surface area contributed by atoms with E-state index in [-0.39, 0.29) is 11.3 Å². The highest BCUT2D eigenvalue weighted by atomic mass is 32.2. The summed E-state index contributed by atoms with van der Waals surface area (Å²) in [5, 5.41) is 9.20. The molecule has 5 aliphatic rings. The molecule has 1 aromatic heterocycles. The van der Waals surface area contributed by atoms with E-state index in [1.807, 2.05) is 4.90 Å². The van der Waals surface area contributed by atoms with Gasteiger partial charge in [-0.3, -0.25) is 4.79 Å². The fraction of sp³-hybridized carbons (Fsp3) is 0.833. The number of aromatic nitrogens is 2. The third kappa shape index (κ3) is 2.99. The number of carbonyl (C=O) groups is 1. The summed E-state index contributed by atoms with van der Waals surface area (Å²) in [4.78, 5) is 14.1. The monoisotopic (exact) mass is 363 g/mol. The van der Waals surface area contributed by atoms with Gasteiger partial charge in [-0.25, -0.2) is 0 Å². The molecule has 1 saturated heterocycles. The van der Waals surface area contributed by atoms with Gasteiger partial charge < -0.3 is 14.1 Å². The van der Waals surface area contributed by atoms with Crippen LogP contribution in [0, 0.1) is 17.8 Å². The van der Waals surface area contributed by atoms with Crippen LogP contribution >= 0.6 is 11.8 Å². The van der Waals surface area contributed by atoms with Crippen LogP contribution < -0.4 is 0 Å². The molecular formula is C18H25N3O3S. The third-order valence-electron chi connectivity index (χ3n) is 6.58. The molecule has 0 spiro atoms. The lowest BCUT2D eigenvalue weighted by molar-refractivity contribution is -0.132. The Labute approximate surface area is 152 Å². The van der Waals surface area contributed by atoms with Gasteiger partial charge in [-0.05, 0) is 56.3 Å². The summed E-state index contributed by atoms with van der Waals surface area (Å²) in [6.45, 7) is 2.63. The number of carbonyl (C=O) groups excluding carboxylic acids is 1. The molecule has 0 unspecified atom stereocenters. The van der Waals surface area contributed by atoms with Crippen LogP contribution in [0.3, 0.4) is 0 Å². The van der Waals surface area contributed by atoms with Gasteiger partial charge in [0.05, 0.1) is 19.0 Å². The molecule has 136 valence electrons. The fourth-order valence-electron chi connectivity index (χ4n) is 5.88. The molecule has 1 aliphatic heterocycles. The molecule has 5 fully saturated rings. The van der Waals surface area contributed by atoms with Crippen molar-refractivity contribution in [3.8, 4) is 0 Å². The van der Waals surface area contributed by atoms with Crippen LogP contribution in [0.15, 0.2) is 9.64 Å². The van der Waals surface area contributed by atoms with E-state index in [2.05, 4.69) is 10.2 Å². The van der Waals surface area contributed by atoms with Crippen molar-refractivity contribution in [2.24, 2.45) is 17.8 Å². The van der Waals surface area contributed by atoms with Crippen LogP contribution in [-0.2, 0) is 14.9 Å². The zero-order chi connectivity index (χ0) is 16.9. The molecule has 0 aromatic carbocycles. The summed E-state index contributed by atoms with van der Waals surface area (Å²) in [6.07, 6.45) is 7.88. The zero-order valence-corrected chi connectivity index (χ0v) is 15.3. The standard InChI is InChI=1S/C18H25N3O3S/c22-15(21-1-3-23-4-2-21)11-25-17-20-19-16(24-17)18-8-12-5-13(9-18)7-14(6-12)10-18/h12-14H,1-11H2. The van der Waals surface area contributed by atoms with Crippen molar-refractivity contribution in [2.75, 3.05) is 32.1 Å². The second-order valence-electron chi connectivity index (χ2n) is 8.35. The van der Waals surface area contributed by atoms with E-state index < -0.39 is 0 Å². The van der Waals surface area contributed by atoms with Gasteiger partial charge in [0.25, 0.3) is 5.22 Å². The molecule has 4 aliphatic carbocycles. The number of rotatable bonds is 4. The minimum Gasteiger partial charge on any atom is -0.415 e. The van der Waals surface area contributed by atoms with Crippen LogP contribution in [-0.4, -0.2) is 53.1 Å². The molecule has 6 nitrogen and oxygen atoms in total. The lowest BCUT2D eigenvalue weighted by atomic mass is 9.49. The van der Waals surface area contributed by atoms with Gasteiger partial charge in [0.2, 0.25) is 11.8 Å². The smallest absolute Gasteiger partial charge is 0.277 e. The number of thioether (sulfide) groups is 1. The maximum Gasteiger partial charge on any atom is 0.277 e.